The second kappa shape index (κ2) is 18.1. The van der Waals surface area contributed by atoms with Crippen LogP contribution in [-0.4, -0.2) is 109 Å². The van der Waals surface area contributed by atoms with Gasteiger partial charge < -0.3 is 28.4 Å². The normalized spacial score (nSPS) is 19.6. The Balaban J connectivity index is 1.10. The summed E-state index contributed by atoms with van der Waals surface area (Å²) in [5, 5.41) is 0. The van der Waals surface area contributed by atoms with Crippen molar-refractivity contribution in [2.24, 2.45) is 0 Å². The molecule has 1 saturated carbocycles. The van der Waals surface area contributed by atoms with Crippen LogP contribution in [0.5, 0.6) is 23.0 Å². The highest BCUT2D eigenvalue weighted by atomic mass is 16.5. The largest absolute Gasteiger partial charge is 0.493 e. The summed E-state index contributed by atoms with van der Waals surface area (Å²) < 4.78 is 34.2. The van der Waals surface area contributed by atoms with Gasteiger partial charge in [0.05, 0.1) is 53.9 Å². The summed E-state index contributed by atoms with van der Waals surface area (Å²) >= 11 is 0. The highest BCUT2D eigenvalue weighted by Crippen LogP contribution is 2.34. The maximum Gasteiger partial charge on any atom is 0.185 e. The van der Waals surface area contributed by atoms with Crippen molar-refractivity contribution < 1.29 is 33.2 Å². The third kappa shape index (κ3) is 10.1. The lowest BCUT2D eigenvalue weighted by molar-refractivity contribution is -0.111. The zero-order chi connectivity index (χ0) is 32.0. The molecule has 2 saturated heterocycles. The molecule has 46 heavy (non-hydrogen) atoms. The molecule has 0 unspecified atom stereocenters. The molecule has 2 heterocycles. The van der Waals surface area contributed by atoms with Gasteiger partial charge >= 0.3 is 0 Å². The van der Waals surface area contributed by atoms with E-state index in [4.69, 9.17) is 28.4 Å². The van der Waals surface area contributed by atoms with Crippen LogP contribution in [0.1, 0.15) is 49.7 Å². The van der Waals surface area contributed by atoms with Crippen molar-refractivity contribution in [3.05, 3.63) is 58.7 Å². The third-order valence-electron chi connectivity index (χ3n) is 8.76. The summed E-state index contributed by atoms with van der Waals surface area (Å²) in [6, 6.07) is 11.7. The molecule has 2 aliphatic heterocycles. The Morgan fingerprint density at radius 1 is 0.630 bits per heavy atom. The zero-order valence-electron chi connectivity index (χ0n) is 27.6. The number of ether oxygens (including phenoxy) is 6. The first-order valence-electron chi connectivity index (χ1n) is 16.8. The number of nitrogens with zero attached hydrogens (tertiary/aromatic N) is 2. The summed E-state index contributed by atoms with van der Waals surface area (Å²) in [6.07, 6.45) is 9.48. The van der Waals surface area contributed by atoms with Crippen LogP contribution >= 0.6 is 0 Å². The Morgan fingerprint density at radius 3 is 1.48 bits per heavy atom. The van der Waals surface area contributed by atoms with Gasteiger partial charge in [-0.3, -0.25) is 14.6 Å². The fourth-order valence-corrected chi connectivity index (χ4v) is 6.06. The molecule has 0 amide bonds. The van der Waals surface area contributed by atoms with E-state index in [2.05, 4.69) is 9.80 Å². The Morgan fingerprint density at radius 2 is 1.07 bits per heavy atom. The molecule has 1 aliphatic carbocycles. The lowest BCUT2D eigenvalue weighted by atomic mass is 10.1. The van der Waals surface area contributed by atoms with Crippen molar-refractivity contribution in [3.8, 4) is 23.0 Å². The first kappa shape index (κ1) is 34.0. The van der Waals surface area contributed by atoms with Crippen LogP contribution in [0.25, 0.3) is 12.2 Å². The molecule has 2 aromatic carbocycles. The molecule has 0 N–H and O–H groups in total. The van der Waals surface area contributed by atoms with Crippen LogP contribution < -0.4 is 18.9 Å². The Labute approximate surface area is 274 Å². The molecule has 2 aromatic rings. The number of benzene rings is 2. The average Bonchev–Trinajstić information content (AvgIpc) is 3.43. The van der Waals surface area contributed by atoms with E-state index in [9.17, 15) is 4.79 Å². The quantitative estimate of drug-likeness (QED) is 0.175. The standard InChI is InChI=1S/C37H50N2O7/c1-41-35-27-29(7-11-33(35)45-19-5-3-13-38-15-21-43-22-16-38)25-31-9-10-32(37(31)40)26-30-8-12-34(36(28-30)42-2)46-20-6-4-14-39-17-23-44-24-18-39/h7-8,11-12,25-28H,3-6,9-10,13-24H2,1-2H3/b31-25+,32-26+. The van der Waals surface area contributed by atoms with E-state index in [1.165, 1.54) is 0 Å². The second-order valence-corrected chi connectivity index (χ2v) is 12.0. The fourth-order valence-electron chi connectivity index (χ4n) is 6.06. The first-order valence-corrected chi connectivity index (χ1v) is 16.8. The summed E-state index contributed by atoms with van der Waals surface area (Å²) in [7, 11) is 3.30. The average molecular weight is 635 g/mol. The van der Waals surface area contributed by atoms with Crippen molar-refractivity contribution in [2.45, 2.75) is 38.5 Å². The van der Waals surface area contributed by atoms with Crippen molar-refractivity contribution in [1.29, 1.82) is 0 Å². The van der Waals surface area contributed by atoms with Gasteiger partial charge in [-0.05, 0) is 99.2 Å². The molecule has 0 spiro atoms. The van der Waals surface area contributed by atoms with Gasteiger partial charge in [-0.15, -0.1) is 0 Å². The minimum atomic E-state index is 0.0825. The Kier molecular flexibility index (Phi) is 13.4. The molecule has 0 atom stereocenters. The predicted molar refractivity (Wildman–Crippen MR) is 180 cm³/mol. The van der Waals surface area contributed by atoms with E-state index in [0.29, 0.717) is 37.6 Å². The topological polar surface area (TPSA) is 78.9 Å². The number of hydrogen-bond acceptors (Lipinski definition) is 9. The molecule has 0 aromatic heterocycles. The highest BCUT2D eigenvalue weighted by Gasteiger charge is 2.23. The van der Waals surface area contributed by atoms with Crippen molar-refractivity contribution in [3.63, 3.8) is 0 Å². The van der Waals surface area contributed by atoms with Crippen molar-refractivity contribution in [2.75, 3.05) is 93.1 Å². The van der Waals surface area contributed by atoms with Crippen LogP contribution in [0.4, 0.5) is 0 Å². The third-order valence-corrected chi connectivity index (χ3v) is 8.76. The monoisotopic (exact) mass is 634 g/mol. The molecule has 9 nitrogen and oxygen atoms in total. The predicted octanol–water partition coefficient (Wildman–Crippen LogP) is 5.52. The van der Waals surface area contributed by atoms with Gasteiger partial charge in [0.2, 0.25) is 0 Å². The van der Waals surface area contributed by atoms with E-state index in [1.54, 1.807) is 14.2 Å². The van der Waals surface area contributed by atoms with Gasteiger partial charge in [-0.25, -0.2) is 0 Å². The number of methoxy groups -OCH3 is 2. The molecule has 0 radical (unpaired) electrons. The minimum Gasteiger partial charge on any atom is -0.493 e. The number of allylic oxidation sites excluding steroid dienone is 2. The van der Waals surface area contributed by atoms with Gasteiger partial charge in [0.15, 0.2) is 28.8 Å². The van der Waals surface area contributed by atoms with Gasteiger partial charge in [-0.2, -0.15) is 0 Å². The number of carbonyl (C=O) groups is 1. The number of unbranched alkanes of at least 4 members (excludes halogenated alkanes) is 2. The Bertz CT molecular complexity index is 1230. The van der Waals surface area contributed by atoms with Crippen molar-refractivity contribution >= 4 is 17.9 Å². The lowest BCUT2D eigenvalue weighted by Gasteiger charge is -2.26. The number of hydrogen-bond donors (Lipinski definition) is 0. The van der Waals surface area contributed by atoms with Crippen LogP contribution in [0, 0.1) is 0 Å². The van der Waals surface area contributed by atoms with Crippen LogP contribution in [0.15, 0.2) is 47.5 Å². The zero-order valence-corrected chi connectivity index (χ0v) is 27.6. The van der Waals surface area contributed by atoms with Crippen LogP contribution in [-0.2, 0) is 14.3 Å². The number of morpholine rings is 2. The lowest BCUT2D eigenvalue weighted by Crippen LogP contribution is -2.36. The molecule has 3 fully saturated rings. The number of carbonyl (C=O) groups excluding carboxylic acids is 1. The highest BCUT2D eigenvalue weighted by molar-refractivity contribution is 6.15. The summed E-state index contributed by atoms with van der Waals surface area (Å²) in [5.74, 6) is 2.89. The Hall–Kier alpha value is -3.37. The molecule has 9 heteroatoms. The maximum absolute atomic E-state index is 13.3. The van der Waals surface area contributed by atoms with Gasteiger partial charge in [0.25, 0.3) is 0 Å². The first-order chi connectivity index (χ1) is 22.6. The van der Waals surface area contributed by atoms with Gasteiger partial charge in [0, 0.05) is 37.3 Å². The van der Waals surface area contributed by atoms with E-state index in [-0.39, 0.29) is 5.78 Å². The molecule has 0 bridgehead atoms. The van der Waals surface area contributed by atoms with E-state index < -0.39 is 0 Å². The van der Waals surface area contributed by atoms with E-state index >= 15 is 0 Å². The maximum atomic E-state index is 13.3. The molecule has 3 aliphatic rings. The van der Waals surface area contributed by atoms with Crippen molar-refractivity contribution in [1.82, 2.24) is 9.80 Å². The number of rotatable bonds is 16. The second-order valence-electron chi connectivity index (χ2n) is 12.0. The summed E-state index contributed by atoms with van der Waals surface area (Å²) in [5.41, 5.74) is 3.45. The molecule has 5 rings (SSSR count). The van der Waals surface area contributed by atoms with E-state index in [0.717, 1.165) is 125 Å². The van der Waals surface area contributed by atoms with Crippen LogP contribution in [0.3, 0.4) is 0 Å². The SMILES string of the molecule is COc1cc(/C=C2\CC/C(=C\c3ccc(OCCCCN4CCOCC4)c(OC)c3)C2=O)ccc1OCCCCN1CCOCC1. The fraction of sp³-hybridized carbons (Fsp3) is 0.541. The van der Waals surface area contributed by atoms with Crippen LogP contribution in [0.2, 0.25) is 0 Å². The smallest absolute Gasteiger partial charge is 0.185 e. The molecular weight excluding hydrogens is 584 g/mol. The van der Waals surface area contributed by atoms with Gasteiger partial charge in [-0.1, -0.05) is 12.1 Å². The molecular formula is C37H50N2O7. The van der Waals surface area contributed by atoms with E-state index in [1.807, 2.05) is 48.6 Å². The number of Topliss-reactive ketones (excluding diaryl/α,β-unsaturated/α-hetero) is 1. The molecule has 250 valence electrons. The summed E-state index contributed by atoms with van der Waals surface area (Å²) in [6.45, 7) is 10.8. The number of ketones is 1. The summed E-state index contributed by atoms with van der Waals surface area (Å²) in [4.78, 5) is 18.2. The minimum absolute atomic E-state index is 0.0825. The van der Waals surface area contributed by atoms with Gasteiger partial charge in [0.1, 0.15) is 0 Å².